The molecule has 2 N–H and O–H groups in total. The van der Waals surface area contributed by atoms with Crippen LogP contribution in [0.15, 0.2) is 42.5 Å². The lowest BCUT2D eigenvalue weighted by Gasteiger charge is -1.98. The summed E-state index contributed by atoms with van der Waals surface area (Å²) in [6.07, 6.45) is 0. The van der Waals surface area contributed by atoms with E-state index in [-0.39, 0.29) is 0 Å². The number of hydrogen-bond acceptors (Lipinski definition) is 1. The van der Waals surface area contributed by atoms with Gasteiger partial charge >= 0.3 is 0 Å². The van der Waals surface area contributed by atoms with E-state index < -0.39 is 0 Å². The van der Waals surface area contributed by atoms with Crippen molar-refractivity contribution < 1.29 is 0 Å². The Bertz CT molecular complexity index is 374. The molecule has 13 heavy (non-hydrogen) atoms. The molecule has 0 aliphatic rings. The minimum Gasteiger partial charge on any atom is -0.333 e. The number of hydrogen-bond donors (Lipinski definition) is 1. The van der Waals surface area contributed by atoms with Crippen LogP contribution in [0, 0.1) is 6.92 Å². The number of rotatable bonds is 0. The first kappa shape index (κ1) is 9.75. The van der Waals surface area contributed by atoms with Crippen molar-refractivity contribution in [2.24, 2.45) is 5.73 Å². The standard InChI is InChI=1S/C11H10.CH5N/c1-9-5-4-7-10-6-2-3-8-11(9)10;1-2/h2-8H,1H3;2H2,1H3. The van der Waals surface area contributed by atoms with E-state index in [2.05, 4.69) is 55.1 Å². The third-order valence-electron chi connectivity index (χ3n) is 2.01. The van der Waals surface area contributed by atoms with Gasteiger partial charge in [-0.05, 0) is 30.3 Å². The molecule has 0 saturated carbocycles. The molecule has 0 unspecified atom stereocenters. The Morgan fingerprint density at radius 2 is 1.46 bits per heavy atom. The Kier molecular flexibility index (Phi) is 3.47. The average Bonchev–Trinajstić information content (AvgIpc) is 2.22. The molecule has 0 radical (unpaired) electrons. The molecular formula is C12H15N. The first-order valence-corrected chi connectivity index (χ1v) is 4.40. The Labute approximate surface area is 79.2 Å². The number of nitrogens with two attached hydrogens (primary N) is 1. The average molecular weight is 173 g/mol. The summed E-state index contributed by atoms with van der Waals surface area (Å²) >= 11 is 0. The highest BCUT2D eigenvalue weighted by molar-refractivity contribution is 5.85. The maximum atomic E-state index is 4.50. The summed E-state index contributed by atoms with van der Waals surface area (Å²) in [6.45, 7) is 2.14. The first-order valence-electron chi connectivity index (χ1n) is 4.40. The van der Waals surface area contributed by atoms with Crippen molar-refractivity contribution in [3.05, 3.63) is 48.0 Å². The van der Waals surface area contributed by atoms with Gasteiger partial charge in [0.2, 0.25) is 0 Å². The monoisotopic (exact) mass is 173 g/mol. The SMILES string of the molecule is CN.Cc1cccc2ccccc12. The van der Waals surface area contributed by atoms with E-state index in [9.17, 15) is 0 Å². The van der Waals surface area contributed by atoms with E-state index in [0.29, 0.717) is 0 Å². The fourth-order valence-corrected chi connectivity index (χ4v) is 1.39. The largest absolute Gasteiger partial charge is 0.333 e. The van der Waals surface area contributed by atoms with E-state index in [0.717, 1.165) is 0 Å². The molecule has 0 spiro atoms. The zero-order valence-corrected chi connectivity index (χ0v) is 8.12. The van der Waals surface area contributed by atoms with Crippen LogP contribution in [0.25, 0.3) is 10.8 Å². The third kappa shape index (κ3) is 2.07. The summed E-state index contributed by atoms with van der Waals surface area (Å²) in [6, 6.07) is 14.8. The van der Waals surface area contributed by atoms with Crippen LogP contribution in [-0.4, -0.2) is 7.05 Å². The van der Waals surface area contributed by atoms with E-state index in [4.69, 9.17) is 0 Å². The van der Waals surface area contributed by atoms with Gasteiger partial charge in [-0.25, -0.2) is 0 Å². The van der Waals surface area contributed by atoms with Gasteiger partial charge in [0.05, 0.1) is 0 Å². The van der Waals surface area contributed by atoms with Gasteiger partial charge in [0, 0.05) is 0 Å². The van der Waals surface area contributed by atoms with Crippen molar-refractivity contribution in [1.29, 1.82) is 0 Å². The fourth-order valence-electron chi connectivity index (χ4n) is 1.39. The van der Waals surface area contributed by atoms with Crippen LogP contribution in [0.2, 0.25) is 0 Å². The Balaban J connectivity index is 0.000000396. The van der Waals surface area contributed by atoms with Crippen molar-refractivity contribution >= 4 is 10.8 Å². The molecule has 68 valence electrons. The zero-order chi connectivity index (χ0) is 9.68. The molecule has 0 amide bonds. The van der Waals surface area contributed by atoms with Crippen LogP contribution >= 0.6 is 0 Å². The van der Waals surface area contributed by atoms with Gasteiger partial charge in [-0.15, -0.1) is 0 Å². The summed E-state index contributed by atoms with van der Waals surface area (Å²) in [5, 5.41) is 2.68. The van der Waals surface area contributed by atoms with Crippen LogP contribution in [0.5, 0.6) is 0 Å². The number of fused-ring (bicyclic) bond motifs is 1. The van der Waals surface area contributed by atoms with Crippen LogP contribution < -0.4 is 5.73 Å². The molecule has 0 aliphatic heterocycles. The van der Waals surface area contributed by atoms with E-state index >= 15 is 0 Å². The fraction of sp³-hybridized carbons (Fsp3) is 0.167. The molecule has 0 bridgehead atoms. The van der Waals surface area contributed by atoms with Gasteiger partial charge in [-0.1, -0.05) is 42.5 Å². The molecule has 1 nitrogen and oxygen atoms in total. The number of aryl methyl sites for hydroxylation is 1. The molecular weight excluding hydrogens is 158 g/mol. The van der Waals surface area contributed by atoms with Crippen LogP contribution in [0.4, 0.5) is 0 Å². The van der Waals surface area contributed by atoms with Crippen LogP contribution in [0.3, 0.4) is 0 Å². The van der Waals surface area contributed by atoms with Crippen molar-refractivity contribution in [2.45, 2.75) is 6.92 Å². The normalized spacial score (nSPS) is 9.15. The molecule has 0 aromatic heterocycles. The molecule has 0 atom stereocenters. The lowest BCUT2D eigenvalue weighted by Crippen LogP contribution is -1.75. The summed E-state index contributed by atoms with van der Waals surface area (Å²) in [4.78, 5) is 0. The minimum absolute atomic E-state index is 1.33. The van der Waals surface area contributed by atoms with Crippen molar-refractivity contribution in [3.8, 4) is 0 Å². The second kappa shape index (κ2) is 4.63. The predicted octanol–water partition coefficient (Wildman–Crippen LogP) is 2.72. The molecule has 2 aromatic carbocycles. The summed E-state index contributed by atoms with van der Waals surface area (Å²) in [5.41, 5.74) is 5.85. The Morgan fingerprint density at radius 3 is 2.15 bits per heavy atom. The van der Waals surface area contributed by atoms with Gasteiger partial charge in [0.1, 0.15) is 0 Å². The molecule has 0 saturated heterocycles. The lowest BCUT2D eigenvalue weighted by molar-refractivity contribution is 1.48. The minimum atomic E-state index is 1.33. The topological polar surface area (TPSA) is 26.0 Å². The maximum Gasteiger partial charge on any atom is -0.0155 e. The van der Waals surface area contributed by atoms with Crippen LogP contribution in [0.1, 0.15) is 5.56 Å². The Hall–Kier alpha value is -1.34. The highest BCUT2D eigenvalue weighted by atomic mass is 14.4. The predicted molar refractivity (Wildman–Crippen MR) is 58.8 cm³/mol. The maximum absolute atomic E-state index is 4.50. The molecule has 1 heteroatoms. The van der Waals surface area contributed by atoms with Gasteiger partial charge in [0.25, 0.3) is 0 Å². The summed E-state index contributed by atoms with van der Waals surface area (Å²) in [7, 11) is 1.50. The third-order valence-corrected chi connectivity index (χ3v) is 2.01. The van der Waals surface area contributed by atoms with Gasteiger partial charge in [-0.2, -0.15) is 0 Å². The van der Waals surface area contributed by atoms with Crippen molar-refractivity contribution in [1.82, 2.24) is 0 Å². The molecule has 0 aliphatic carbocycles. The first-order chi connectivity index (χ1) is 6.38. The molecule has 2 rings (SSSR count). The zero-order valence-electron chi connectivity index (χ0n) is 8.12. The molecule has 2 aromatic rings. The van der Waals surface area contributed by atoms with Crippen molar-refractivity contribution in [3.63, 3.8) is 0 Å². The van der Waals surface area contributed by atoms with Gasteiger partial charge in [0.15, 0.2) is 0 Å². The summed E-state index contributed by atoms with van der Waals surface area (Å²) in [5.74, 6) is 0. The van der Waals surface area contributed by atoms with Crippen LogP contribution in [-0.2, 0) is 0 Å². The number of benzene rings is 2. The highest BCUT2D eigenvalue weighted by Gasteiger charge is 1.91. The second-order valence-electron chi connectivity index (χ2n) is 2.80. The smallest absolute Gasteiger partial charge is 0.0155 e. The molecule has 0 heterocycles. The van der Waals surface area contributed by atoms with E-state index in [1.165, 1.54) is 23.4 Å². The van der Waals surface area contributed by atoms with Gasteiger partial charge in [-0.3, -0.25) is 0 Å². The second-order valence-corrected chi connectivity index (χ2v) is 2.80. The highest BCUT2D eigenvalue weighted by Crippen LogP contribution is 2.16. The quantitative estimate of drug-likeness (QED) is 0.651. The Morgan fingerprint density at radius 1 is 0.846 bits per heavy atom. The van der Waals surface area contributed by atoms with E-state index in [1.54, 1.807) is 0 Å². The van der Waals surface area contributed by atoms with Crippen molar-refractivity contribution in [2.75, 3.05) is 7.05 Å². The van der Waals surface area contributed by atoms with Gasteiger partial charge < -0.3 is 5.73 Å². The summed E-state index contributed by atoms with van der Waals surface area (Å²) < 4.78 is 0. The van der Waals surface area contributed by atoms with E-state index in [1.807, 2.05) is 0 Å². The molecule has 0 fully saturated rings. The lowest BCUT2D eigenvalue weighted by atomic mass is 10.1.